The number of fused-ring (bicyclic) bond motifs is 1. The Morgan fingerprint density at radius 1 is 1.43 bits per heavy atom. The molecule has 0 saturated heterocycles. The van der Waals surface area contributed by atoms with Crippen LogP contribution in [0.4, 0.5) is 0 Å². The summed E-state index contributed by atoms with van der Waals surface area (Å²) >= 11 is 0. The van der Waals surface area contributed by atoms with Gasteiger partial charge in [0.2, 0.25) is 5.91 Å². The monoisotopic (exact) mass is 293 g/mol. The topological polar surface area (TPSA) is 76.1 Å². The summed E-state index contributed by atoms with van der Waals surface area (Å²) in [5, 5.41) is 8.92. The molecule has 6 nitrogen and oxygen atoms in total. The SMILES string of the molecule is COCCN(CC(=O)O)C(=O)C1COc2ccccc2C1. The van der Waals surface area contributed by atoms with Crippen LogP contribution in [-0.2, 0) is 20.7 Å². The summed E-state index contributed by atoms with van der Waals surface area (Å²) in [6.07, 6.45) is 0.568. The maximum Gasteiger partial charge on any atom is 0.323 e. The summed E-state index contributed by atoms with van der Waals surface area (Å²) in [7, 11) is 1.52. The summed E-state index contributed by atoms with van der Waals surface area (Å²) in [5.41, 5.74) is 0.976. The van der Waals surface area contributed by atoms with Crippen LogP contribution in [0.15, 0.2) is 24.3 Å². The van der Waals surface area contributed by atoms with Gasteiger partial charge in [-0.15, -0.1) is 0 Å². The zero-order valence-electron chi connectivity index (χ0n) is 11.9. The number of methoxy groups -OCH3 is 1. The average molecular weight is 293 g/mol. The van der Waals surface area contributed by atoms with Gasteiger partial charge >= 0.3 is 5.97 Å². The lowest BCUT2D eigenvalue weighted by molar-refractivity contribution is -0.147. The van der Waals surface area contributed by atoms with Gasteiger partial charge in [0.1, 0.15) is 18.9 Å². The lowest BCUT2D eigenvalue weighted by Gasteiger charge is -2.29. The van der Waals surface area contributed by atoms with Crippen LogP contribution in [0.3, 0.4) is 0 Å². The summed E-state index contributed by atoms with van der Waals surface area (Å²) in [6, 6.07) is 7.58. The van der Waals surface area contributed by atoms with Crippen molar-refractivity contribution in [2.24, 2.45) is 5.92 Å². The Balaban J connectivity index is 2.05. The molecule has 1 aromatic carbocycles. The largest absolute Gasteiger partial charge is 0.492 e. The number of ether oxygens (including phenoxy) is 2. The van der Waals surface area contributed by atoms with Crippen LogP contribution in [0, 0.1) is 5.92 Å². The van der Waals surface area contributed by atoms with E-state index in [0.717, 1.165) is 11.3 Å². The Labute approximate surface area is 123 Å². The molecule has 0 radical (unpaired) electrons. The Morgan fingerprint density at radius 3 is 2.90 bits per heavy atom. The molecule has 1 unspecified atom stereocenters. The highest BCUT2D eigenvalue weighted by atomic mass is 16.5. The van der Waals surface area contributed by atoms with E-state index in [2.05, 4.69) is 0 Å². The van der Waals surface area contributed by atoms with Gasteiger partial charge in [-0.3, -0.25) is 9.59 Å². The van der Waals surface area contributed by atoms with Gasteiger partial charge in [-0.05, 0) is 18.1 Å². The highest BCUT2D eigenvalue weighted by molar-refractivity contribution is 5.83. The van der Waals surface area contributed by atoms with E-state index in [9.17, 15) is 9.59 Å². The van der Waals surface area contributed by atoms with Crippen LogP contribution in [0.25, 0.3) is 0 Å². The third-order valence-electron chi connectivity index (χ3n) is 3.43. The lowest BCUT2D eigenvalue weighted by atomic mass is 9.95. The van der Waals surface area contributed by atoms with Crippen LogP contribution in [0.2, 0.25) is 0 Å². The first-order valence-electron chi connectivity index (χ1n) is 6.82. The highest BCUT2D eigenvalue weighted by Crippen LogP contribution is 2.27. The molecule has 1 N–H and O–H groups in total. The van der Waals surface area contributed by atoms with E-state index in [4.69, 9.17) is 14.6 Å². The van der Waals surface area contributed by atoms with Crippen molar-refractivity contribution in [2.45, 2.75) is 6.42 Å². The van der Waals surface area contributed by atoms with Crippen molar-refractivity contribution in [3.8, 4) is 5.75 Å². The summed E-state index contributed by atoms with van der Waals surface area (Å²) in [5.74, 6) is -0.792. The molecule has 0 saturated carbocycles. The molecule has 0 bridgehead atoms. The molecule has 6 heteroatoms. The molecule has 0 spiro atoms. The van der Waals surface area contributed by atoms with E-state index >= 15 is 0 Å². The third-order valence-corrected chi connectivity index (χ3v) is 3.43. The molecule has 2 rings (SSSR count). The normalized spacial score (nSPS) is 16.7. The number of hydrogen-bond donors (Lipinski definition) is 1. The Hall–Kier alpha value is -2.08. The van der Waals surface area contributed by atoms with Gasteiger partial charge in [0.05, 0.1) is 12.5 Å². The number of carboxylic acid groups (broad SMARTS) is 1. The molecule has 1 aromatic rings. The summed E-state index contributed by atoms with van der Waals surface area (Å²) in [4.78, 5) is 24.7. The van der Waals surface area contributed by atoms with E-state index in [1.54, 1.807) is 0 Å². The van der Waals surface area contributed by atoms with Crippen LogP contribution in [-0.4, -0.2) is 55.3 Å². The Kier molecular flexibility index (Phi) is 5.16. The van der Waals surface area contributed by atoms with Gasteiger partial charge in [-0.2, -0.15) is 0 Å². The number of para-hydroxylation sites is 1. The van der Waals surface area contributed by atoms with Crippen molar-refractivity contribution in [1.82, 2.24) is 4.90 Å². The smallest absolute Gasteiger partial charge is 0.323 e. The second-order valence-electron chi connectivity index (χ2n) is 4.97. The second kappa shape index (κ2) is 7.08. The van der Waals surface area contributed by atoms with Gasteiger partial charge in [-0.1, -0.05) is 18.2 Å². The number of amides is 1. The minimum atomic E-state index is -1.03. The zero-order valence-corrected chi connectivity index (χ0v) is 11.9. The molecule has 1 aliphatic heterocycles. The van der Waals surface area contributed by atoms with E-state index in [1.165, 1.54) is 12.0 Å². The number of rotatable bonds is 6. The fourth-order valence-corrected chi connectivity index (χ4v) is 2.38. The fraction of sp³-hybridized carbons (Fsp3) is 0.467. The zero-order chi connectivity index (χ0) is 15.2. The average Bonchev–Trinajstić information content (AvgIpc) is 2.50. The van der Waals surface area contributed by atoms with E-state index in [-0.39, 0.29) is 31.5 Å². The van der Waals surface area contributed by atoms with Crippen molar-refractivity contribution in [3.63, 3.8) is 0 Å². The van der Waals surface area contributed by atoms with Crippen molar-refractivity contribution in [1.29, 1.82) is 0 Å². The van der Waals surface area contributed by atoms with Crippen LogP contribution >= 0.6 is 0 Å². The summed E-state index contributed by atoms with van der Waals surface area (Å²) < 4.78 is 10.5. The molecular weight excluding hydrogens is 274 g/mol. The molecule has 0 fully saturated rings. The quantitative estimate of drug-likeness (QED) is 0.839. The number of carbonyl (C=O) groups is 2. The van der Waals surface area contributed by atoms with Crippen LogP contribution < -0.4 is 4.74 Å². The molecule has 21 heavy (non-hydrogen) atoms. The van der Waals surface area contributed by atoms with Gasteiger partial charge in [0.15, 0.2) is 0 Å². The van der Waals surface area contributed by atoms with Crippen molar-refractivity contribution >= 4 is 11.9 Å². The van der Waals surface area contributed by atoms with E-state index in [0.29, 0.717) is 13.0 Å². The molecule has 1 heterocycles. The van der Waals surface area contributed by atoms with Crippen LogP contribution in [0.5, 0.6) is 5.75 Å². The summed E-state index contributed by atoms with van der Waals surface area (Å²) in [6.45, 7) is 0.530. The minimum Gasteiger partial charge on any atom is -0.492 e. The fourth-order valence-electron chi connectivity index (χ4n) is 2.38. The number of benzene rings is 1. The first kappa shape index (κ1) is 15.3. The predicted molar refractivity (Wildman–Crippen MR) is 75.2 cm³/mol. The molecule has 0 aliphatic carbocycles. The number of carbonyl (C=O) groups excluding carboxylic acids is 1. The highest BCUT2D eigenvalue weighted by Gasteiger charge is 2.30. The minimum absolute atomic E-state index is 0.205. The number of aliphatic carboxylic acids is 1. The van der Waals surface area contributed by atoms with E-state index in [1.807, 2.05) is 24.3 Å². The predicted octanol–water partition coefficient (Wildman–Crippen LogP) is 0.797. The molecule has 114 valence electrons. The van der Waals surface area contributed by atoms with Gasteiger partial charge < -0.3 is 19.5 Å². The molecule has 1 aliphatic rings. The lowest BCUT2D eigenvalue weighted by Crippen LogP contribution is -2.44. The number of hydrogen-bond acceptors (Lipinski definition) is 4. The van der Waals surface area contributed by atoms with Gasteiger partial charge in [0, 0.05) is 13.7 Å². The number of nitrogens with zero attached hydrogens (tertiary/aromatic N) is 1. The van der Waals surface area contributed by atoms with Crippen molar-refractivity contribution in [3.05, 3.63) is 29.8 Å². The van der Waals surface area contributed by atoms with Gasteiger partial charge in [0.25, 0.3) is 0 Å². The first-order chi connectivity index (χ1) is 10.1. The van der Waals surface area contributed by atoms with Crippen LogP contribution in [0.1, 0.15) is 5.56 Å². The Bertz CT molecular complexity index is 517. The first-order valence-corrected chi connectivity index (χ1v) is 6.82. The van der Waals surface area contributed by atoms with Gasteiger partial charge in [-0.25, -0.2) is 0 Å². The standard InChI is InChI=1S/C15H19NO5/c1-20-7-6-16(9-14(17)18)15(19)12-8-11-4-2-3-5-13(11)21-10-12/h2-5,12H,6-10H2,1H3,(H,17,18). The Morgan fingerprint density at radius 2 is 2.19 bits per heavy atom. The molecule has 1 atom stereocenters. The molecule has 1 amide bonds. The van der Waals surface area contributed by atoms with E-state index < -0.39 is 5.97 Å². The maximum atomic E-state index is 12.5. The molecule has 0 aromatic heterocycles. The maximum absolute atomic E-state index is 12.5. The third kappa shape index (κ3) is 3.95. The number of carboxylic acids is 1. The molecular formula is C15H19NO5. The van der Waals surface area contributed by atoms with Crippen molar-refractivity contribution in [2.75, 3.05) is 33.4 Å². The van der Waals surface area contributed by atoms with Crippen molar-refractivity contribution < 1.29 is 24.2 Å². The second-order valence-corrected chi connectivity index (χ2v) is 4.97.